The fraction of sp³-hybridized carbons (Fsp3) is 0.364. The van der Waals surface area contributed by atoms with E-state index < -0.39 is 28.4 Å². The van der Waals surface area contributed by atoms with Crippen LogP contribution in [0.25, 0.3) is 0 Å². The molecule has 82 valence electrons. The quantitative estimate of drug-likeness (QED) is 0.545. The fourth-order valence-corrected chi connectivity index (χ4v) is 1.38. The van der Waals surface area contributed by atoms with Gasteiger partial charge in [0.25, 0.3) is 0 Å². The molecule has 0 amide bonds. The van der Waals surface area contributed by atoms with Gasteiger partial charge in [-0.25, -0.2) is 8.78 Å². The number of nitrogens with one attached hydrogen (secondary N) is 1. The molecular weight excluding hydrogens is 198 g/mol. The van der Waals surface area contributed by atoms with Crippen molar-refractivity contribution in [1.82, 2.24) is 0 Å². The highest BCUT2D eigenvalue weighted by atomic mass is 19.1. The first kappa shape index (κ1) is 11.6. The zero-order valence-corrected chi connectivity index (χ0v) is 8.99. The van der Waals surface area contributed by atoms with Crippen molar-refractivity contribution in [2.45, 2.75) is 26.2 Å². The summed E-state index contributed by atoms with van der Waals surface area (Å²) >= 11 is 0. The first-order chi connectivity index (χ1) is 6.75. The lowest BCUT2D eigenvalue weighted by atomic mass is 9.85. The molecule has 0 aromatic heterocycles. The summed E-state index contributed by atoms with van der Waals surface area (Å²) in [5.41, 5.74) is 4.60. The number of benzene rings is 1. The van der Waals surface area contributed by atoms with Crippen molar-refractivity contribution >= 4 is 5.84 Å². The van der Waals surface area contributed by atoms with E-state index in [2.05, 4.69) is 0 Å². The van der Waals surface area contributed by atoms with Gasteiger partial charge in [-0.05, 0) is 17.0 Å². The van der Waals surface area contributed by atoms with Gasteiger partial charge in [0, 0.05) is 0 Å². The van der Waals surface area contributed by atoms with Crippen LogP contribution in [0.2, 0.25) is 0 Å². The number of hydrogen-bond acceptors (Lipinski definition) is 1. The Bertz CT molecular complexity index is 406. The van der Waals surface area contributed by atoms with Crippen LogP contribution >= 0.6 is 0 Å². The lowest BCUT2D eigenvalue weighted by Crippen LogP contribution is -2.21. The van der Waals surface area contributed by atoms with Crippen molar-refractivity contribution in [2.24, 2.45) is 5.73 Å². The van der Waals surface area contributed by atoms with Gasteiger partial charge in [0.05, 0.1) is 5.56 Å². The molecule has 0 unspecified atom stereocenters. The molecule has 2 nitrogen and oxygen atoms in total. The number of nitrogen functional groups attached to an aromatic ring is 1. The zero-order chi connectivity index (χ0) is 11.8. The number of hydrogen-bond donors (Lipinski definition) is 2. The van der Waals surface area contributed by atoms with Crippen LogP contribution in [-0.4, -0.2) is 5.84 Å². The first-order valence-corrected chi connectivity index (χ1v) is 4.58. The van der Waals surface area contributed by atoms with Gasteiger partial charge in [0.15, 0.2) is 0 Å². The van der Waals surface area contributed by atoms with Crippen LogP contribution in [0.4, 0.5) is 8.78 Å². The van der Waals surface area contributed by atoms with Gasteiger partial charge in [-0.3, -0.25) is 5.41 Å². The minimum atomic E-state index is -0.798. The van der Waals surface area contributed by atoms with Gasteiger partial charge in [0.1, 0.15) is 17.5 Å². The van der Waals surface area contributed by atoms with Crippen molar-refractivity contribution in [2.75, 3.05) is 0 Å². The monoisotopic (exact) mass is 212 g/mol. The summed E-state index contributed by atoms with van der Waals surface area (Å²) in [5.74, 6) is -2.13. The Morgan fingerprint density at radius 2 is 1.80 bits per heavy atom. The highest BCUT2D eigenvalue weighted by Gasteiger charge is 2.23. The van der Waals surface area contributed by atoms with Crippen LogP contribution in [0, 0.1) is 17.0 Å². The molecule has 0 spiro atoms. The molecule has 1 aromatic rings. The van der Waals surface area contributed by atoms with Crippen LogP contribution in [0.5, 0.6) is 0 Å². The number of halogens is 2. The lowest BCUT2D eigenvalue weighted by molar-refractivity contribution is 0.509. The van der Waals surface area contributed by atoms with Crippen LogP contribution in [0.15, 0.2) is 12.1 Å². The summed E-state index contributed by atoms with van der Waals surface area (Å²) in [6.07, 6.45) is 0. The molecule has 0 fully saturated rings. The molecule has 0 radical (unpaired) electrons. The van der Waals surface area contributed by atoms with E-state index in [0.29, 0.717) is 5.56 Å². The number of amidine groups is 1. The second kappa shape index (κ2) is 3.61. The average Bonchev–Trinajstić information content (AvgIpc) is 2.00. The summed E-state index contributed by atoms with van der Waals surface area (Å²) in [7, 11) is 0. The molecule has 1 aromatic carbocycles. The second-order valence-electron chi connectivity index (χ2n) is 4.45. The van der Waals surface area contributed by atoms with E-state index in [1.165, 1.54) is 6.07 Å². The van der Waals surface area contributed by atoms with Gasteiger partial charge >= 0.3 is 0 Å². The Balaban J connectivity index is 3.49. The van der Waals surface area contributed by atoms with Gasteiger partial charge in [0.2, 0.25) is 0 Å². The molecule has 1 rings (SSSR count). The third kappa shape index (κ3) is 2.14. The molecule has 0 saturated heterocycles. The van der Waals surface area contributed by atoms with E-state index in [0.717, 1.165) is 6.07 Å². The fourth-order valence-electron chi connectivity index (χ4n) is 1.38. The minimum absolute atomic E-state index is 0.356. The molecule has 0 saturated carbocycles. The van der Waals surface area contributed by atoms with E-state index in [1.54, 1.807) is 0 Å². The number of rotatable bonds is 1. The molecule has 0 aliphatic heterocycles. The van der Waals surface area contributed by atoms with Crippen molar-refractivity contribution < 1.29 is 8.78 Å². The Hall–Kier alpha value is -1.45. The Labute approximate surface area is 87.6 Å². The second-order valence-corrected chi connectivity index (χ2v) is 4.45. The van der Waals surface area contributed by atoms with Gasteiger partial charge in [-0.2, -0.15) is 0 Å². The van der Waals surface area contributed by atoms with Crippen LogP contribution in [0.1, 0.15) is 31.9 Å². The van der Waals surface area contributed by atoms with Gasteiger partial charge in [-0.1, -0.05) is 26.8 Å². The summed E-state index contributed by atoms with van der Waals surface area (Å²) in [6.45, 7) is 5.44. The smallest absolute Gasteiger partial charge is 0.140 e. The number of nitrogens with two attached hydrogens (primary N) is 1. The van der Waals surface area contributed by atoms with Gasteiger partial charge in [-0.15, -0.1) is 0 Å². The van der Waals surface area contributed by atoms with Crippen molar-refractivity contribution in [1.29, 1.82) is 5.41 Å². The summed E-state index contributed by atoms with van der Waals surface area (Å²) in [4.78, 5) is 0. The first-order valence-electron chi connectivity index (χ1n) is 4.58. The lowest BCUT2D eigenvalue weighted by Gasteiger charge is -2.21. The maximum Gasteiger partial charge on any atom is 0.140 e. The Morgan fingerprint density at radius 3 is 2.20 bits per heavy atom. The SMILES string of the molecule is CC(C)(C)c1ccc(F)c(C(=N)N)c1F. The predicted octanol–water partition coefficient (Wildman–Crippen LogP) is 2.55. The molecular formula is C11H14F2N2. The van der Waals surface area contributed by atoms with E-state index in [4.69, 9.17) is 11.1 Å². The van der Waals surface area contributed by atoms with Crippen LogP contribution < -0.4 is 5.73 Å². The molecule has 0 aliphatic rings. The molecule has 0 aliphatic carbocycles. The van der Waals surface area contributed by atoms with Crippen molar-refractivity contribution in [3.63, 3.8) is 0 Å². The standard InChI is InChI=1S/C11H14F2N2/c1-11(2,3)6-4-5-7(12)8(9(6)13)10(14)15/h4-5H,1-3H3,(H3,14,15). The topological polar surface area (TPSA) is 49.9 Å². The van der Waals surface area contributed by atoms with E-state index >= 15 is 0 Å². The molecule has 0 atom stereocenters. The van der Waals surface area contributed by atoms with E-state index in [1.807, 2.05) is 20.8 Å². The van der Waals surface area contributed by atoms with Crippen LogP contribution in [0.3, 0.4) is 0 Å². The zero-order valence-electron chi connectivity index (χ0n) is 8.99. The Morgan fingerprint density at radius 1 is 1.27 bits per heavy atom. The summed E-state index contributed by atoms with van der Waals surface area (Å²) in [6, 6.07) is 2.53. The van der Waals surface area contributed by atoms with Crippen LogP contribution in [-0.2, 0) is 5.41 Å². The maximum atomic E-state index is 13.8. The molecule has 15 heavy (non-hydrogen) atoms. The highest BCUT2D eigenvalue weighted by Crippen LogP contribution is 2.27. The van der Waals surface area contributed by atoms with E-state index in [9.17, 15) is 8.78 Å². The molecule has 3 N–H and O–H groups in total. The molecule has 4 heteroatoms. The maximum absolute atomic E-state index is 13.8. The van der Waals surface area contributed by atoms with E-state index in [-0.39, 0.29) is 0 Å². The normalized spacial score (nSPS) is 11.5. The molecule has 0 bridgehead atoms. The highest BCUT2D eigenvalue weighted by molar-refractivity contribution is 5.95. The van der Waals surface area contributed by atoms with Gasteiger partial charge < -0.3 is 5.73 Å². The average molecular weight is 212 g/mol. The third-order valence-corrected chi connectivity index (χ3v) is 2.17. The molecule has 0 heterocycles. The predicted molar refractivity (Wildman–Crippen MR) is 56.1 cm³/mol. The largest absolute Gasteiger partial charge is 0.384 e. The Kier molecular flexibility index (Phi) is 2.79. The summed E-state index contributed by atoms with van der Waals surface area (Å²) in [5, 5.41) is 7.12. The van der Waals surface area contributed by atoms with Crippen molar-refractivity contribution in [3.8, 4) is 0 Å². The third-order valence-electron chi connectivity index (χ3n) is 2.17. The summed E-state index contributed by atoms with van der Waals surface area (Å²) < 4.78 is 27.0. The minimum Gasteiger partial charge on any atom is -0.384 e. The van der Waals surface area contributed by atoms with Crippen molar-refractivity contribution in [3.05, 3.63) is 34.9 Å².